The van der Waals surface area contributed by atoms with E-state index < -0.39 is 0 Å². The van der Waals surface area contributed by atoms with E-state index in [1.807, 2.05) is 4.90 Å². The molecule has 15 heavy (non-hydrogen) atoms. The fourth-order valence-electron chi connectivity index (χ4n) is 1.79. The van der Waals surface area contributed by atoms with Crippen molar-refractivity contribution in [2.45, 2.75) is 6.04 Å². The third kappa shape index (κ3) is 2.63. The van der Waals surface area contributed by atoms with Gasteiger partial charge in [-0.3, -0.25) is 9.59 Å². The van der Waals surface area contributed by atoms with E-state index in [0.717, 1.165) is 26.2 Å². The molecule has 0 saturated carbocycles. The summed E-state index contributed by atoms with van der Waals surface area (Å²) in [6.07, 6.45) is 0. The predicted molar refractivity (Wildman–Crippen MR) is 58.7 cm³/mol. The lowest BCUT2D eigenvalue weighted by Gasteiger charge is -2.32. The minimum atomic E-state index is -0.311. The van der Waals surface area contributed by atoms with E-state index in [9.17, 15) is 9.59 Å². The van der Waals surface area contributed by atoms with Gasteiger partial charge in [-0.15, -0.1) is 11.8 Å². The standard InChI is InChI=1S/C9H15N3O2S/c13-8-6-15-5-7(11-8)9(14)12-3-1-10-2-4-12/h7,10H,1-6H2,(H,11,13). The number of hydrogen-bond acceptors (Lipinski definition) is 4. The van der Waals surface area contributed by atoms with Crippen LogP contribution in [-0.4, -0.2) is 60.4 Å². The fourth-order valence-corrected chi connectivity index (χ4v) is 2.63. The largest absolute Gasteiger partial charge is 0.343 e. The summed E-state index contributed by atoms with van der Waals surface area (Å²) < 4.78 is 0. The van der Waals surface area contributed by atoms with E-state index in [4.69, 9.17) is 0 Å². The second kappa shape index (κ2) is 4.85. The van der Waals surface area contributed by atoms with Crippen LogP contribution >= 0.6 is 11.8 Å². The molecule has 1 unspecified atom stereocenters. The quantitative estimate of drug-likeness (QED) is 0.583. The normalized spacial score (nSPS) is 27.3. The van der Waals surface area contributed by atoms with Crippen molar-refractivity contribution in [2.75, 3.05) is 37.7 Å². The number of nitrogens with one attached hydrogen (secondary N) is 2. The molecule has 5 nitrogen and oxygen atoms in total. The molecule has 0 radical (unpaired) electrons. The number of carbonyl (C=O) groups excluding carboxylic acids is 2. The second-order valence-corrected chi connectivity index (χ2v) is 4.74. The van der Waals surface area contributed by atoms with Crippen LogP contribution < -0.4 is 10.6 Å². The van der Waals surface area contributed by atoms with Crippen LogP contribution in [0, 0.1) is 0 Å². The Morgan fingerprint density at radius 3 is 2.80 bits per heavy atom. The number of amides is 2. The Labute approximate surface area is 93.0 Å². The van der Waals surface area contributed by atoms with E-state index in [0.29, 0.717) is 11.5 Å². The van der Waals surface area contributed by atoms with Crippen molar-refractivity contribution >= 4 is 23.6 Å². The minimum absolute atomic E-state index is 0.0280. The van der Waals surface area contributed by atoms with Gasteiger partial charge >= 0.3 is 0 Å². The highest BCUT2D eigenvalue weighted by molar-refractivity contribution is 8.00. The summed E-state index contributed by atoms with van der Waals surface area (Å²) in [5.41, 5.74) is 0. The molecule has 2 aliphatic heterocycles. The highest BCUT2D eigenvalue weighted by Gasteiger charge is 2.29. The van der Waals surface area contributed by atoms with Gasteiger partial charge < -0.3 is 15.5 Å². The molecule has 2 rings (SSSR count). The number of rotatable bonds is 1. The minimum Gasteiger partial charge on any atom is -0.343 e. The highest BCUT2D eigenvalue weighted by Crippen LogP contribution is 2.11. The van der Waals surface area contributed by atoms with Crippen LogP contribution in [0.15, 0.2) is 0 Å². The zero-order valence-corrected chi connectivity index (χ0v) is 9.31. The van der Waals surface area contributed by atoms with Crippen molar-refractivity contribution in [1.29, 1.82) is 0 Å². The second-order valence-electron chi connectivity index (χ2n) is 3.71. The number of piperazine rings is 1. The first-order valence-corrected chi connectivity index (χ1v) is 6.29. The van der Waals surface area contributed by atoms with E-state index in [-0.39, 0.29) is 17.9 Å². The molecule has 0 aromatic rings. The summed E-state index contributed by atoms with van der Waals surface area (Å²) in [6, 6.07) is -0.311. The number of nitrogens with zero attached hydrogens (tertiary/aromatic N) is 1. The number of hydrogen-bond donors (Lipinski definition) is 2. The molecule has 0 spiro atoms. The third-order valence-corrected chi connectivity index (χ3v) is 3.62. The summed E-state index contributed by atoms with van der Waals surface area (Å²) in [4.78, 5) is 24.9. The lowest BCUT2D eigenvalue weighted by atomic mass is 10.2. The van der Waals surface area contributed by atoms with Crippen LogP contribution in [0.25, 0.3) is 0 Å². The van der Waals surface area contributed by atoms with Crippen molar-refractivity contribution in [3.8, 4) is 0 Å². The number of carbonyl (C=O) groups is 2. The van der Waals surface area contributed by atoms with Crippen molar-refractivity contribution in [3.05, 3.63) is 0 Å². The van der Waals surface area contributed by atoms with Crippen molar-refractivity contribution < 1.29 is 9.59 Å². The van der Waals surface area contributed by atoms with Crippen molar-refractivity contribution in [1.82, 2.24) is 15.5 Å². The lowest BCUT2D eigenvalue weighted by Crippen LogP contribution is -2.56. The maximum Gasteiger partial charge on any atom is 0.246 e. The molecule has 0 aromatic heterocycles. The summed E-state index contributed by atoms with van der Waals surface area (Å²) >= 11 is 1.53. The molecule has 84 valence electrons. The van der Waals surface area contributed by atoms with E-state index in [2.05, 4.69) is 10.6 Å². The zero-order valence-electron chi connectivity index (χ0n) is 8.49. The monoisotopic (exact) mass is 229 g/mol. The Morgan fingerprint density at radius 1 is 1.40 bits per heavy atom. The fraction of sp³-hybridized carbons (Fsp3) is 0.778. The molecule has 2 saturated heterocycles. The van der Waals surface area contributed by atoms with Crippen molar-refractivity contribution in [3.63, 3.8) is 0 Å². The zero-order chi connectivity index (χ0) is 10.7. The third-order valence-electron chi connectivity index (χ3n) is 2.58. The van der Waals surface area contributed by atoms with E-state index >= 15 is 0 Å². The average Bonchev–Trinajstić information content (AvgIpc) is 2.29. The van der Waals surface area contributed by atoms with Gasteiger partial charge in [0.05, 0.1) is 5.75 Å². The molecular weight excluding hydrogens is 214 g/mol. The number of thioether (sulfide) groups is 1. The molecule has 2 amide bonds. The summed E-state index contributed by atoms with van der Waals surface area (Å²) in [7, 11) is 0. The van der Waals surface area contributed by atoms with E-state index in [1.54, 1.807) is 0 Å². The van der Waals surface area contributed by atoms with Crippen LogP contribution in [0.2, 0.25) is 0 Å². The molecule has 2 heterocycles. The van der Waals surface area contributed by atoms with Gasteiger partial charge in [-0.25, -0.2) is 0 Å². The molecular formula is C9H15N3O2S. The Balaban J connectivity index is 1.90. The first-order valence-electron chi connectivity index (χ1n) is 5.14. The molecule has 2 N–H and O–H groups in total. The maximum absolute atomic E-state index is 12.0. The topological polar surface area (TPSA) is 61.4 Å². The van der Waals surface area contributed by atoms with Crippen LogP contribution in [-0.2, 0) is 9.59 Å². The van der Waals surface area contributed by atoms with Crippen LogP contribution in [0.5, 0.6) is 0 Å². The maximum atomic E-state index is 12.0. The first-order chi connectivity index (χ1) is 7.27. The molecule has 0 aliphatic carbocycles. The van der Waals surface area contributed by atoms with Gasteiger partial charge in [-0.05, 0) is 0 Å². The van der Waals surface area contributed by atoms with Crippen LogP contribution in [0.3, 0.4) is 0 Å². The Morgan fingerprint density at radius 2 is 2.13 bits per heavy atom. The van der Waals surface area contributed by atoms with Crippen LogP contribution in [0.1, 0.15) is 0 Å². The van der Waals surface area contributed by atoms with Gasteiger partial charge in [0.1, 0.15) is 6.04 Å². The molecule has 6 heteroatoms. The Hall–Kier alpha value is -0.750. The van der Waals surface area contributed by atoms with Gasteiger partial charge in [0.15, 0.2) is 0 Å². The molecule has 1 atom stereocenters. The highest BCUT2D eigenvalue weighted by atomic mass is 32.2. The summed E-state index contributed by atoms with van der Waals surface area (Å²) in [5, 5.41) is 5.94. The van der Waals surface area contributed by atoms with Gasteiger partial charge in [0.25, 0.3) is 0 Å². The van der Waals surface area contributed by atoms with Gasteiger partial charge in [-0.2, -0.15) is 0 Å². The van der Waals surface area contributed by atoms with Gasteiger partial charge in [0.2, 0.25) is 11.8 Å². The molecule has 2 fully saturated rings. The summed E-state index contributed by atoms with van der Waals surface area (Å²) in [6.45, 7) is 3.19. The van der Waals surface area contributed by atoms with Gasteiger partial charge in [0, 0.05) is 31.9 Å². The molecule has 0 aromatic carbocycles. The predicted octanol–water partition coefficient (Wildman–Crippen LogP) is -1.35. The lowest BCUT2D eigenvalue weighted by molar-refractivity contribution is -0.136. The SMILES string of the molecule is O=C1CSCC(C(=O)N2CCNCC2)N1. The van der Waals surface area contributed by atoms with Crippen LogP contribution in [0.4, 0.5) is 0 Å². The first kappa shape index (κ1) is 10.8. The molecule has 2 aliphatic rings. The molecule has 0 bridgehead atoms. The van der Waals surface area contributed by atoms with E-state index in [1.165, 1.54) is 11.8 Å². The summed E-state index contributed by atoms with van der Waals surface area (Å²) in [5.74, 6) is 1.22. The smallest absolute Gasteiger partial charge is 0.246 e. The Kier molecular flexibility index (Phi) is 3.48. The Bertz CT molecular complexity index is 266. The average molecular weight is 229 g/mol. The van der Waals surface area contributed by atoms with Gasteiger partial charge in [-0.1, -0.05) is 0 Å². The van der Waals surface area contributed by atoms with Crippen molar-refractivity contribution in [2.24, 2.45) is 0 Å².